The van der Waals surface area contributed by atoms with Crippen LogP contribution in [0.1, 0.15) is 21.5 Å². The van der Waals surface area contributed by atoms with Crippen LogP contribution in [0.25, 0.3) is 0 Å². The highest BCUT2D eigenvalue weighted by molar-refractivity contribution is 6.04. The summed E-state index contributed by atoms with van der Waals surface area (Å²) in [5.74, 6) is -0.757. The Hall–Kier alpha value is -2.54. The lowest BCUT2D eigenvalue weighted by atomic mass is 10.1. The zero-order chi connectivity index (χ0) is 16.4. The van der Waals surface area contributed by atoms with Crippen molar-refractivity contribution in [2.45, 2.75) is 19.5 Å². The van der Waals surface area contributed by atoms with Crippen LogP contribution in [-0.2, 0) is 13.1 Å². The maximum absolute atomic E-state index is 12.1. The number of alkyl halides is 3. The standard InChI is InChI=1S/C16H13F3N2O2/c17-16(18,19)23-14-5-2-10(3-6-14)15(22)21-13-4-1-11-8-20-9-12(11)7-13/h1-7,20H,8-9H2,(H,21,22). The van der Waals surface area contributed by atoms with Crippen molar-refractivity contribution in [3.8, 4) is 5.75 Å². The second-order valence-corrected chi connectivity index (χ2v) is 5.11. The second-order valence-electron chi connectivity index (χ2n) is 5.11. The van der Waals surface area contributed by atoms with Crippen LogP contribution in [-0.4, -0.2) is 12.3 Å². The Kier molecular flexibility index (Phi) is 3.96. The molecule has 0 saturated heterocycles. The molecule has 4 nitrogen and oxygen atoms in total. The Morgan fingerprint density at radius 2 is 1.74 bits per heavy atom. The first-order valence-corrected chi connectivity index (χ1v) is 6.90. The molecular formula is C16H13F3N2O2. The predicted octanol–water partition coefficient (Wildman–Crippen LogP) is 3.44. The lowest BCUT2D eigenvalue weighted by molar-refractivity contribution is -0.274. The van der Waals surface area contributed by atoms with Crippen LogP contribution >= 0.6 is 0 Å². The Labute approximate surface area is 130 Å². The zero-order valence-electron chi connectivity index (χ0n) is 11.9. The first-order chi connectivity index (χ1) is 10.9. The average molecular weight is 322 g/mol. The van der Waals surface area contributed by atoms with Crippen LogP contribution in [0.4, 0.5) is 18.9 Å². The van der Waals surface area contributed by atoms with Gasteiger partial charge in [0.05, 0.1) is 0 Å². The summed E-state index contributed by atoms with van der Waals surface area (Å²) in [5.41, 5.74) is 3.21. The molecule has 0 atom stereocenters. The van der Waals surface area contributed by atoms with Crippen LogP contribution in [0.5, 0.6) is 5.75 Å². The van der Waals surface area contributed by atoms with Crippen molar-refractivity contribution in [3.05, 3.63) is 59.2 Å². The maximum atomic E-state index is 12.1. The minimum absolute atomic E-state index is 0.248. The SMILES string of the molecule is O=C(Nc1ccc2c(c1)CNC2)c1ccc(OC(F)(F)F)cc1. The molecule has 0 aliphatic carbocycles. The van der Waals surface area contributed by atoms with Gasteiger partial charge in [0.1, 0.15) is 5.75 Å². The Morgan fingerprint density at radius 1 is 1.04 bits per heavy atom. The van der Waals surface area contributed by atoms with Gasteiger partial charge in [-0.3, -0.25) is 4.79 Å². The molecular weight excluding hydrogens is 309 g/mol. The van der Waals surface area contributed by atoms with Gasteiger partial charge in [0, 0.05) is 24.3 Å². The maximum Gasteiger partial charge on any atom is 0.573 e. The first-order valence-electron chi connectivity index (χ1n) is 6.90. The van der Waals surface area contributed by atoms with Crippen LogP contribution in [0.3, 0.4) is 0 Å². The van der Waals surface area contributed by atoms with Crippen molar-refractivity contribution in [2.24, 2.45) is 0 Å². The van der Waals surface area contributed by atoms with E-state index in [1.54, 1.807) is 6.07 Å². The van der Waals surface area contributed by atoms with Crippen molar-refractivity contribution in [2.75, 3.05) is 5.32 Å². The largest absolute Gasteiger partial charge is 0.573 e. The van der Waals surface area contributed by atoms with E-state index in [-0.39, 0.29) is 11.3 Å². The zero-order valence-corrected chi connectivity index (χ0v) is 11.9. The van der Waals surface area contributed by atoms with E-state index in [9.17, 15) is 18.0 Å². The van der Waals surface area contributed by atoms with Gasteiger partial charge < -0.3 is 15.4 Å². The number of halogens is 3. The van der Waals surface area contributed by atoms with E-state index >= 15 is 0 Å². The van der Waals surface area contributed by atoms with Gasteiger partial charge in [-0.25, -0.2) is 0 Å². The summed E-state index contributed by atoms with van der Waals surface area (Å²) >= 11 is 0. The Balaban J connectivity index is 1.68. The van der Waals surface area contributed by atoms with Gasteiger partial charge >= 0.3 is 6.36 Å². The molecule has 2 N–H and O–H groups in total. The molecule has 0 radical (unpaired) electrons. The predicted molar refractivity (Wildman–Crippen MR) is 78.1 cm³/mol. The summed E-state index contributed by atoms with van der Waals surface area (Å²) < 4.78 is 40.0. The number of amides is 1. The lowest BCUT2D eigenvalue weighted by Crippen LogP contribution is -2.17. The number of fused-ring (bicyclic) bond motifs is 1. The molecule has 1 heterocycles. The molecule has 3 rings (SSSR count). The molecule has 1 aliphatic rings. The van der Waals surface area contributed by atoms with Crippen molar-refractivity contribution >= 4 is 11.6 Å². The van der Waals surface area contributed by atoms with E-state index in [1.807, 2.05) is 12.1 Å². The summed E-state index contributed by atoms with van der Waals surface area (Å²) in [4.78, 5) is 12.1. The molecule has 2 aromatic rings. The number of nitrogens with one attached hydrogen (secondary N) is 2. The normalized spacial score (nSPS) is 13.5. The van der Waals surface area contributed by atoms with Crippen LogP contribution in [0, 0.1) is 0 Å². The number of carbonyl (C=O) groups is 1. The molecule has 0 saturated carbocycles. The number of benzene rings is 2. The van der Waals surface area contributed by atoms with E-state index in [2.05, 4.69) is 15.4 Å². The number of carbonyl (C=O) groups excluding carboxylic acids is 1. The molecule has 0 bridgehead atoms. The van der Waals surface area contributed by atoms with Gasteiger partial charge in [-0.2, -0.15) is 0 Å². The van der Waals surface area contributed by atoms with Gasteiger partial charge in [0.2, 0.25) is 0 Å². The summed E-state index contributed by atoms with van der Waals surface area (Å²) in [6, 6.07) is 10.4. The van der Waals surface area contributed by atoms with Gasteiger partial charge in [-0.15, -0.1) is 13.2 Å². The first kappa shape index (κ1) is 15.4. The second kappa shape index (κ2) is 5.92. The fourth-order valence-corrected chi connectivity index (χ4v) is 2.38. The van der Waals surface area contributed by atoms with E-state index in [1.165, 1.54) is 17.7 Å². The third-order valence-corrected chi connectivity index (χ3v) is 3.45. The number of hydrogen-bond donors (Lipinski definition) is 2. The van der Waals surface area contributed by atoms with Crippen molar-refractivity contribution in [3.63, 3.8) is 0 Å². The summed E-state index contributed by atoms with van der Waals surface area (Å²) in [7, 11) is 0. The molecule has 2 aromatic carbocycles. The van der Waals surface area contributed by atoms with Gasteiger partial charge in [0.25, 0.3) is 5.91 Å². The van der Waals surface area contributed by atoms with Crippen LogP contribution in [0.15, 0.2) is 42.5 Å². The van der Waals surface area contributed by atoms with Crippen LogP contribution < -0.4 is 15.4 Å². The molecule has 0 unspecified atom stereocenters. The number of hydrogen-bond acceptors (Lipinski definition) is 3. The van der Waals surface area contributed by atoms with Crippen molar-refractivity contribution in [1.82, 2.24) is 5.32 Å². The highest BCUT2D eigenvalue weighted by Crippen LogP contribution is 2.24. The molecule has 0 spiro atoms. The lowest BCUT2D eigenvalue weighted by Gasteiger charge is -2.10. The Bertz CT molecular complexity index is 727. The topological polar surface area (TPSA) is 50.4 Å². The molecule has 0 aromatic heterocycles. The van der Waals surface area contributed by atoms with E-state index in [0.717, 1.165) is 30.8 Å². The Morgan fingerprint density at radius 3 is 2.43 bits per heavy atom. The number of rotatable bonds is 3. The van der Waals surface area contributed by atoms with Crippen molar-refractivity contribution in [1.29, 1.82) is 0 Å². The molecule has 1 amide bonds. The fraction of sp³-hybridized carbons (Fsp3) is 0.188. The van der Waals surface area contributed by atoms with E-state index in [0.29, 0.717) is 5.69 Å². The summed E-state index contributed by atoms with van der Waals surface area (Å²) in [6.45, 7) is 1.56. The molecule has 7 heteroatoms. The van der Waals surface area contributed by atoms with Gasteiger partial charge in [-0.05, 0) is 47.5 Å². The van der Waals surface area contributed by atoms with Gasteiger partial charge in [-0.1, -0.05) is 6.07 Å². The number of ether oxygens (including phenoxy) is 1. The molecule has 1 aliphatic heterocycles. The minimum Gasteiger partial charge on any atom is -0.406 e. The van der Waals surface area contributed by atoms with E-state index < -0.39 is 12.3 Å². The molecule has 120 valence electrons. The summed E-state index contributed by atoms with van der Waals surface area (Å²) in [5, 5.41) is 5.93. The monoisotopic (exact) mass is 322 g/mol. The van der Waals surface area contributed by atoms with E-state index in [4.69, 9.17) is 0 Å². The smallest absolute Gasteiger partial charge is 0.406 e. The highest BCUT2D eigenvalue weighted by Gasteiger charge is 2.31. The minimum atomic E-state index is -4.75. The van der Waals surface area contributed by atoms with Crippen LogP contribution in [0.2, 0.25) is 0 Å². The van der Waals surface area contributed by atoms with Gasteiger partial charge in [0.15, 0.2) is 0 Å². The third-order valence-electron chi connectivity index (χ3n) is 3.45. The quantitative estimate of drug-likeness (QED) is 0.910. The number of anilines is 1. The average Bonchev–Trinajstić information content (AvgIpc) is 2.94. The molecule has 23 heavy (non-hydrogen) atoms. The van der Waals surface area contributed by atoms with Crippen molar-refractivity contribution < 1.29 is 22.7 Å². The summed E-state index contributed by atoms with van der Waals surface area (Å²) in [6.07, 6.45) is -4.75. The fourth-order valence-electron chi connectivity index (χ4n) is 2.38. The highest BCUT2D eigenvalue weighted by atomic mass is 19.4. The molecule has 0 fully saturated rings. The third kappa shape index (κ3) is 3.81.